The van der Waals surface area contributed by atoms with Crippen molar-refractivity contribution in [2.75, 3.05) is 0 Å². The van der Waals surface area contributed by atoms with Gasteiger partial charge in [0.2, 0.25) is 0 Å². The van der Waals surface area contributed by atoms with Crippen LogP contribution < -0.4 is 5.32 Å². The zero-order valence-corrected chi connectivity index (χ0v) is 10.5. The van der Waals surface area contributed by atoms with Gasteiger partial charge >= 0.3 is 0 Å². The summed E-state index contributed by atoms with van der Waals surface area (Å²) in [5.74, 6) is -0.311. The van der Waals surface area contributed by atoms with Crippen LogP contribution in [0.3, 0.4) is 0 Å². The number of carbonyl (C=O) groups excluding carboxylic acids is 1. The van der Waals surface area contributed by atoms with E-state index in [1.807, 2.05) is 20.8 Å². The molecule has 92 valence electrons. The van der Waals surface area contributed by atoms with E-state index in [1.165, 1.54) is 18.2 Å². The lowest BCUT2D eigenvalue weighted by Gasteiger charge is -2.20. The molecule has 0 aromatic heterocycles. The van der Waals surface area contributed by atoms with Gasteiger partial charge in [0.05, 0.1) is 4.92 Å². The van der Waals surface area contributed by atoms with Gasteiger partial charge in [-0.25, -0.2) is 0 Å². The first-order valence-electron chi connectivity index (χ1n) is 4.97. The second-order valence-corrected chi connectivity index (χ2v) is 5.03. The predicted molar refractivity (Wildman–Crippen MR) is 65.3 cm³/mol. The van der Waals surface area contributed by atoms with Gasteiger partial charge in [0.25, 0.3) is 11.6 Å². The zero-order valence-electron chi connectivity index (χ0n) is 9.78. The molecule has 0 bridgehead atoms. The Hall–Kier alpha value is -1.62. The minimum absolute atomic E-state index is 0.0449. The maximum atomic E-state index is 11.8. The van der Waals surface area contributed by atoms with Gasteiger partial charge in [-0.15, -0.1) is 0 Å². The SMILES string of the molecule is CC(C)(C)NC(=O)c1ccc([N+](=O)[O-])c(Cl)c1. The van der Waals surface area contributed by atoms with E-state index < -0.39 is 4.92 Å². The number of nitro groups is 1. The van der Waals surface area contributed by atoms with E-state index in [0.717, 1.165) is 0 Å². The van der Waals surface area contributed by atoms with E-state index in [-0.39, 0.29) is 22.2 Å². The third-order valence-electron chi connectivity index (χ3n) is 1.90. The smallest absolute Gasteiger partial charge is 0.287 e. The summed E-state index contributed by atoms with van der Waals surface area (Å²) in [6.45, 7) is 5.54. The standard InChI is InChI=1S/C11H13ClN2O3/c1-11(2,3)13-10(15)7-4-5-9(14(16)17)8(12)6-7/h4-6H,1-3H3,(H,13,15). The van der Waals surface area contributed by atoms with E-state index in [2.05, 4.69) is 5.32 Å². The summed E-state index contributed by atoms with van der Waals surface area (Å²) in [4.78, 5) is 21.7. The van der Waals surface area contributed by atoms with Gasteiger partial charge < -0.3 is 5.32 Å². The molecule has 1 rings (SSSR count). The molecule has 0 saturated heterocycles. The minimum Gasteiger partial charge on any atom is -0.347 e. The molecule has 17 heavy (non-hydrogen) atoms. The van der Waals surface area contributed by atoms with Gasteiger partial charge in [0, 0.05) is 17.2 Å². The molecule has 0 radical (unpaired) electrons. The zero-order chi connectivity index (χ0) is 13.2. The van der Waals surface area contributed by atoms with E-state index in [4.69, 9.17) is 11.6 Å². The second-order valence-electron chi connectivity index (χ2n) is 4.63. The summed E-state index contributed by atoms with van der Waals surface area (Å²) < 4.78 is 0. The Bertz CT molecular complexity index is 466. The van der Waals surface area contributed by atoms with Gasteiger partial charge in [-0.3, -0.25) is 14.9 Å². The number of rotatable bonds is 2. The molecule has 0 atom stereocenters. The number of amides is 1. The first-order valence-corrected chi connectivity index (χ1v) is 5.35. The van der Waals surface area contributed by atoms with Crippen molar-refractivity contribution in [3.63, 3.8) is 0 Å². The fraction of sp³-hybridized carbons (Fsp3) is 0.364. The fourth-order valence-corrected chi connectivity index (χ4v) is 1.46. The molecule has 1 N–H and O–H groups in total. The Balaban J connectivity index is 2.98. The summed E-state index contributed by atoms with van der Waals surface area (Å²) in [6, 6.07) is 3.89. The first-order chi connectivity index (χ1) is 7.70. The van der Waals surface area contributed by atoms with Crippen LogP contribution in [-0.4, -0.2) is 16.4 Å². The Kier molecular flexibility index (Phi) is 3.72. The van der Waals surface area contributed by atoms with Crippen LogP contribution in [0, 0.1) is 10.1 Å². The number of nitro benzene ring substituents is 1. The van der Waals surface area contributed by atoms with Crippen molar-refractivity contribution in [2.45, 2.75) is 26.3 Å². The molecule has 0 aliphatic rings. The molecule has 0 saturated carbocycles. The topological polar surface area (TPSA) is 72.2 Å². The Morgan fingerprint density at radius 3 is 2.41 bits per heavy atom. The Morgan fingerprint density at radius 2 is 2.00 bits per heavy atom. The molecular weight excluding hydrogens is 244 g/mol. The number of nitrogens with one attached hydrogen (secondary N) is 1. The van der Waals surface area contributed by atoms with Crippen LogP contribution in [0.2, 0.25) is 5.02 Å². The lowest BCUT2D eigenvalue weighted by Crippen LogP contribution is -2.40. The van der Waals surface area contributed by atoms with E-state index in [1.54, 1.807) is 0 Å². The van der Waals surface area contributed by atoms with Gasteiger partial charge in [0.1, 0.15) is 5.02 Å². The number of benzene rings is 1. The third-order valence-corrected chi connectivity index (χ3v) is 2.20. The van der Waals surface area contributed by atoms with Gasteiger partial charge in [-0.2, -0.15) is 0 Å². The highest BCUT2D eigenvalue weighted by Crippen LogP contribution is 2.25. The van der Waals surface area contributed by atoms with Crippen LogP contribution in [-0.2, 0) is 0 Å². The average Bonchev–Trinajstić information content (AvgIpc) is 2.14. The van der Waals surface area contributed by atoms with Gasteiger partial charge in [-0.1, -0.05) is 11.6 Å². The van der Waals surface area contributed by atoms with E-state index >= 15 is 0 Å². The number of nitrogens with zero attached hydrogens (tertiary/aromatic N) is 1. The predicted octanol–water partition coefficient (Wildman–Crippen LogP) is 2.78. The third kappa shape index (κ3) is 3.71. The van der Waals surface area contributed by atoms with Crippen molar-refractivity contribution in [1.29, 1.82) is 0 Å². The lowest BCUT2D eigenvalue weighted by atomic mass is 10.1. The molecule has 0 spiro atoms. The van der Waals surface area contributed by atoms with Crippen molar-refractivity contribution < 1.29 is 9.72 Å². The number of hydrogen-bond donors (Lipinski definition) is 1. The highest BCUT2D eigenvalue weighted by atomic mass is 35.5. The lowest BCUT2D eigenvalue weighted by molar-refractivity contribution is -0.384. The minimum atomic E-state index is -0.590. The molecule has 6 heteroatoms. The molecule has 1 aromatic rings. The van der Waals surface area contributed by atoms with Crippen molar-refractivity contribution in [3.05, 3.63) is 38.9 Å². The van der Waals surface area contributed by atoms with E-state index in [0.29, 0.717) is 5.56 Å². The fourth-order valence-electron chi connectivity index (χ4n) is 1.21. The first kappa shape index (κ1) is 13.4. The van der Waals surface area contributed by atoms with Crippen LogP contribution in [0.4, 0.5) is 5.69 Å². The Labute approximate surface area is 104 Å². The summed E-state index contributed by atoms with van der Waals surface area (Å²) in [5.41, 5.74) is -0.278. The molecule has 5 nitrogen and oxygen atoms in total. The summed E-state index contributed by atoms with van der Waals surface area (Å²) in [6.07, 6.45) is 0. The largest absolute Gasteiger partial charge is 0.347 e. The monoisotopic (exact) mass is 256 g/mol. The van der Waals surface area contributed by atoms with Gasteiger partial charge in [0.15, 0.2) is 0 Å². The number of halogens is 1. The van der Waals surface area contributed by atoms with Crippen molar-refractivity contribution in [2.24, 2.45) is 0 Å². The normalized spacial score (nSPS) is 11.1. The van der Waals surface area contributed by atoms with Gasteiger partial charge in [-0.05, 0) is 32.9 Å². The maximum Gasteiger partial charge on any atom is 0.287 e. The summed E-state index contributed by atoms with van der Waals surface area (Å²) in [5, 5.41) is 13.3. The highest BCUT2D eigenvalue weighted by Gasteiger charge is 2.18. The Morgan fingerprint density at radius 1 is 1.41 bits per heavy atom. The summed E-state index contributed by atoms with van der Waals surface area (Å²) >= 11 is 5.72. The quantitative estimate of drug-likeness (QED) is 0.653. The van der Waals surface area contributed by atoms with Crippen molar-refractivity contribution >= 4 is 23.2 Å². The highest BCUT2D eigenvalue weighted by molar-refractivity contribution is 6.33. The second kappa shape index (κ2) is 4.71. The average molecular weight is 257 g/mol. The van der Waals surface area contributed by atoms with Crippen LogP contribution in [0.15, 0.2) is 18.2 Å². The molecule has 0 fully saturated rings. The molecule has 1 amide bonds. The van der Waals surface area contributed by atoms with Crippen LogP contribution in [0.5, 0.6) is 0 Å². The molecule has 0 aliphatic heterocycles. The molecular formula is C11H13ClN2O3. The van der Waals surface area contributed by atoms with E-state index in [9.17, 15) is 14.9 Å². The summed E-state index contributed by atoms with van der Waals surface area (Å²) in [7, 11) is 0. The number of hydrogen-bond acceptors (Lipinski definition) is 3. The molecule has 0 heterocycles. The van der Waals surface area contributed by atoms with Crippen LogP contribution >= 0.6 is 11.6 Å². The molecule has 0 unspecified atom stereocenters. The number of carbonyl (C=O) groups is 1. The maximum absolute atomic E-state index is 11.8. The molecule has 0 aliphatic carbocycles. The van der Waals surface area contributed by atoms with Crippen molar-refractivity contribution in [3.8, 4) is 0 Å². The molecule has 1 aromatic carbocycles. The van der Waals surface area contributed by atoms with Crippen molar-refractivity contribution in [1.82, 2.24) is 5.32 Å². The van der Waals surface area contributed by atoms with Crippen LogP contribution in [0.1, 0.15) is 31.1 Å². The van der Waals surface area contributed by atoms with Crippen LogP contribution in [0.25, 0.3) is 0 Å².